The Kier molecular flexibility index (Phi) is 28.8. The lowest BCUT2D eigenvalue weighted by atomic mass is 10.0. The van der Waals surface area contributed by atoms with Crippen LogP contribution >= 0.6 is 0 Å². The summed E-state index contributed by atoms with van der Waals surface area (Å²) in [6, 6.07) is -1.65. The van der Waals surface area contributed by atoms with Crippen LogP contribution in [0.5, 0.6) is 0 Å². The Hall–Kier alpha value is -1.92. The summed E-state index contributed by atoms with van der Waals surface area (Å²) < 4.78 is 0. The van der Waals surface area contributed by atoms with E-state index in [0.717, 1.165) is 43.4 Å². The quantitative estimate of drug-likeness (QED) is 0.0734. The van der Waals surface area contributed by atoms with Gasteiger partial charge in [0.2, 0.25) is 11.8 Å². The number of amides is 2. The molecule has 0 aliphatic heterocycles. The lowest BCUT2D eigenvalue weighted by Gasteiger charge is -2.26. The zero-order valence-corrected chi connectivity index (χ0v) is 28.1. The fraction of sp³-hybridized carbons (Fsp3) is 0.889. The zero-order chi connectivity index (χ0) is 32.0. The van der Waals surface area contributed by atoms with Crippen LogP contribution in [-0.2, 0) is 19.2 Å². The van der Waals surface area contributed by atoms with Crippen LogP contribution in [0.15, 0.2) is 0 Å². The van der Waals surface area contributed by atoms with E-state index in [4.69, 9.17) is 0 Å². The van der Waals surface area contributed by atoms with Gasteiger partial charge in [-0.3, -0.25) is 19.3 Å². The lowest BCUT2D eigenvalue weighted by molar-refractivity contribution is -0.160. The largest absolute Gasteiger partial charge is 0.481 e. The number of imide groups is 1. The topological polar surface area (TPSA) is 112 Å². The van der Waals surface area contributed by atoms with E-state index in [1.807, 2.05) is 0 Å². The Labute approximate surface area is 264 Å². The Morgan fingerprint density at radius 3 is 0.930 bits per heavy atom. The third kappa shape index (κ3) is 25.1. The van der Waals surface area contributed by atoms with E-state index in [-0.39, 0.29) is 12.8 Å². The summed E-state index contributed by atoms with van der Waals surface area (Å²) >= 11 is 0. The summed E-state index contributed by atoms with van der Waals surface area (Å²) in [5, 5.41) is 18.9. The predicted octanol–water partition coefficient (Wildman–Crippen LogP) is 10.2. The molecule has 1 atom stereocenters. The summed E-state index contributed by atoms with van der Waals surface area (Å²) in [4.78, 5) is 49.9. The molecule has 43 heavy (non-hydrogen) atoms. The Balaban J connectivity index is 4.32. The highest BCUT2D eigenvalue weighted by atomic mass is 16.4. The molecule has 0 rings (SSSR count). The first kappa shape index (κ1) is 41.1. The Bertz CT molecular complexity index is 668. The molecule has 2 amide bonds. The van der Waals surface area contributed by atoms with Gasteiger partial charge in [-0.25, -0.2) is 4.79 Å². The van der Waals surface area contributed by atoms with Crippen LogP contribution in [0.1, 0.15) is 200 Å². The normalized spacial score (nSPS) is 11.9. The number of aliphatic carboxylic acids is 2. The highest BCUT2D eigenvalue weighted by Crippen LogP contribution is 2.18. The molecule has 0 aliphatic carbocycles. The second kappa shape index (κ2) is 30.1. The molecule has 0 aromatic carbocycles. The van der Waals surface area contributed by atoms with E-state index in [1.165, 1.54) is 116 Å². The number of carbonyl (C=O) groups excluding carboxylic acids is 2. The van der Waals surface area contributed by atoms with E-state index in [0.29, 0.717) is 12.8 Å². The van der Waals surface area contributed by atoms with Crippen LogP contribution in [0, 0.1) is 0 Å². The van der Waals surface area contributed by atoms with E-state index in [1.54, 1.807) is 0 Å². The predicted molar refractivity (Wildman–Crippen MR) is 176 cm³/mol. The number of rotatable bonds is 32. The number of hydrogen-bond donors (Lipinski definition) is 2. The Morgan fingerprint density at radius 1 is 0.442 bits per heavy atom. The highest BCUT2D eigenvalue weighted by Gasteiger charge is 2.35. The minimum atomic E-state index is -1.65. The second-order valence-electron chi connectivity index (χ2n) is 12.6. The average Bonchev–Trinajstić information content (AvgIpc) is 2.97. The van der Waals surface area contributed by atoms with Crippen molar-refractivity contribution >= 4 is 23.8 Å². The standard InChI is InChI=1S/C36H67NO6/c1-3-5-7-9-11-13-15-17-19-21-23-25-27-29-33(38)37(32(36(42)43)31-35(40)41)34(39)30-28-26-24-22-20-18-16-14-12-10-8-6-4-2/h32H,3-31H2,1-2H3,(H,40,41)(H,42,43)/t32-/m0/s1. The fourth-order valence-corrected chi connectivity index (χ4v) is 5.77. The van der Waals surface area contributed by atoms with Gasteiger partial charge >= 0.3 is 11.9 Å². The van der Waals surface area contributed by atoms with Gasteiger partial charge in [0.25, 0.3) is 0 Å². The van der Waals surface area contributed by atoms with Crippen LogP contribution in [-0.4, -0.2) is 44.9 Å². The maximum Gasteiger partial charge on any atom is 0.327 e. The summed E-state index contributed by atoms with van der Waals surface area (Å²) in [6.07, 6.45) is 29.8. The molecule has 0 radical (unpaired) electrons. The van der Waals surface area contributed by atoms with Crippen molar-refractivity contribution in [2.75, 3.05) is 0 Å². The van der Waals surface area contributed by atoms with Crippen LogP contribution < -0.4 is 0 Å². The van der Waals surface area contributed by atoms with E-state index in [2.05, 4.69) is 13.8 Å². The van der Waals surface area contributed by atoms with E-state index in [9.17, 15) is 29.4 Å². The summed E-state index contributed by atoms with van der Waals surface area (Å²) in [5.74, 6) is -3.90. The van der Waals surface area contributed by atoms with Crippen molar-refractivity contribution in [1.29, 1.82) is 0 Å². The van der Waals surface area contributed by atoms with Crippen molar-refractivity contribution in [3.05, 3.63) is 0 Å². The average molecular weight is 610 g/mol. The third-order valence-corrected chi connectivity index (χ3v) is 8.49. The fourth-order valence-electron chi connectivity index (χ4n) is 5.77. The summed E-state index contributed by atoms with van der Waals surface area (Å²) in [5.41, 5.74) is 0. The molecular weight excluding hydrogens is 542 g/mol. The molecule has 0 aromatic heterocycles. The van der Waals surface area contributed by atoms with Crippen LogP contribution in [0.25, 0.3) is 0 Å². The van der Waals surface area contributed by atoms with Crippen molar-refractivity contribution in [1.82, 2.24) is 4.90 Å². The molecular formula is C36H67NO6. The van der Waals surface area contributed by atoms with E-state index >= 15 is 0 Å². The summed E-state index contributed by atoms with van der Waals surface area (Å²) in [7, 11) is 0. The molecule has 0 saturated heterocycles. The van der Waals surface area contributed by atoms with Gasteiger partial charge in [0, 0.05) is 12.8 Å². The molecule has 0 aliphatic rings. The molecule has 0 unspecified atom stereocenters. The van der Waals surface area contributed by atoms with Crippen LogP contribution in [0.3, 0.4) is 0 Å². The minimum Gasteiger partial charge on any atom is -0.481 e. The molecule has 0 fully saturated rings. The molecule has 2 N–H and O–H groups in total. The number of carboxylic acids is 2. The number of carboxylic acid groups (broad SMARTS) is 2. The summed E-state index contributed by atoms with van der Waals surface area (Å²) in [6.45, 7) is 4.47. The maximum atomic E-state index is 13.0. The van der Waals surface area contributed by atoms with Gasteiger partial charge in [-0.15, -0.1) is 0 Å². The van der Waals surface area contributed by atoms with Crippen LogP contribution in [0.4, 0.5) is 0 Å². The maximum absolute atomic E-state index is 13.0. The van der Waals surface area contributed by atoms with Gasteiger partial charge < -0.3 is 10.2 Å². The van der Waals surface area contributed by atoms with Crippen LogP contribution in [0.2, 0.25) is 0 Å². The molecule has 7 heteroatoms. The molecule has 0 aromatic rings. The zero-order valence-electron chi connectivity index (χ0n) is 28.1. The lowest BCUT2D eigenvalue weighted by Crippen LogP contribution is -2.49. The first-order chi connectivity index (χ1) is 20.8. The molecule has 0 spiro atoms. The number of unbranched alkanes of at least 4 members (excludes halogenated alkanes) is 24. The molecule has 7 nitrogen and oxygen atoms in total. The van der Waals surface area contributed by atoms with Crippen molar-refractivity contribution in [3.63, 3.8) is 0 Å². The first-order valence-corrected chi connectivity index (χ1v) is 18.1. The van der Waals surface area contributed by atoms with Gasteiger partial charge in [0.05, 0.1) is 6.42 Å². The molecule has 0 heterocycles. The third-order valence-electron chi connectivity index (χ3n) is 8.49. The SMILES string of the molecule is CCCCCCCCCCCCCCCC(=O)N(C(=O)CCCCCCCCCCCCCCC)[C@@H](CC(=O)O)C(=O)O. The van der Waals surface area contributed by atoms with Gasteiger partial charge in [0.15, 0.2) is 0 Å². The van der Waals surface area contributed by atoms with Crippen molar-refractivity contribution in [2.24, 2.45) is 0 Å². The smallest absolute Gasteiger partial charge is 0.327 e. The second-order valence-corrected chi connectivity index (χ2v) is 12.6. The van der Waals surface area contributed by atoms with Gasteiger partial charge in [0.1, 0.15) is 6.04 Å². The van der Waals surface area contributed by atoms with Crippen molar-refractivity contribution in [2.45, 2.75) is 206 Å². The number of carbonyl (C=O) groups is 4. The first-order valence-electron chi connectivity index (χ1n) is 18.1. The molecule has 0 bridgehead atoms. The Morgan fingerprint density at radius 2 is 0.698 bits per heavy atom. The van der Waals surface area contributed by atoms with Gasteiger partial charge in [-0.2, -0.15) is 0 Å². The molecule has 252 valence electrons. The van der Waals surface area contributed by atoms with E-state index < -0.39 is 36.2 Å². The van der Waals surface area contributed by atoms with Crippen molar-refractivity contribution in [3.8, 4) is 0 Å². The molecule has 0 saturated carbocycles. The van der Waals surface area contributed by atoms with Gasteiger partial charge in [-0.1, -0.05) is 168 Å². The number of hydrogen-bond acceptors (Lipinski definition) is 4. The minimum absolute atomic E-state index is 0.0749. The van der Waals surface area contributed by atoms with Crippen molar-refractivity contribution < 1.29 is 29.4 Å². The monoisotopic (exact) mass is 609 g/mol. The highest BCUT2D eigenvalue weighted by molar-refractivity contribution is 6.00. The number of nitrogens with zero attached hydrogens (tertiary/aromatic N) is 1. The van der Waals surface area contributed by atoms with Gasteiger partial charge in [-0.05, 0) is 12.8 Å².